The van der Waals surface area contributed by atoms with Crippen LogP contribution in [0.15, 0.2) is 115 Å². The predicted molar refractivity (Wildman–Crippen MR) is 155 cm³/mol. The van der Waals surface area contributed by atoms with Crippen LogP contribution in [0.4, 0.5) is 0 Å². The lowest BCUT2D eigenvalue weighted by atomic mass is 9.84. The predicted octanol–water partition coefficient (Wildman–Crippen LogP) is 6.02. The number of ether oxygens (including phenoxy) is 2. The van der Waals surface area contributed by atoms with Gasteiger partial charge in [-0.05, 0) is 40.5 Å². The van der Waals surface area contributed by atoms with Crippen LogP contribution in [-0.2, 0) is 9.53 Å². The van der Waals surface area contributed by atoms with Crippen molar-refractivity contribution in [1.29, 1.82) is 0 Å². The molecule has 0 bridgehead atoms. The summed E-state index contributed by atoms with van der Waals surface area (Å²) in [7, 11) is 3.23. The average Bonchev–Trinajstić information content (AvgIpc) is 2.95. The number of methoxy groups -OCH3 is 2. The van der Waals surface area contributed by atoms with E-state index in [9.17, 15) is 4.79 Å². The molecule has 1 unspecified atom stereocenters. The fourth-order valence-electron chi connectivity index (χ4n) is 4.20. The van der Waals surface area contributed by atoms with Crippen molar-refractivity contribution in [1.82, 2.24) is 0 Å². The Morgan fingerprint density at radius 3 is 1.39 bits per heavy atom. The maximum atomic E-state index is 11.0. The first-order chi connectivity index (χ1) is 17.4. The van der Waals surface area contributed by atoms with E-state index >= 15 is 0 Å². The van der Waals surface area contributed by atoms with E-state index in [0.717, 1.165) is 17.6 Å². The summed E-state index contributed by atoms with van der Waals surface area (Å²) in [5, 5.41) is 3.95. The molecule has 0 heterocycles. The van der Waals surface area contributed by atoms with Crippen LogP contribution in [0.2, 0.25) is 0 Å². The van der Waals surface area contributed by atoms with Gasteiger partial charge in [-0.15, -0.1) is 0 Å². The zero-order valence-electron chi connectivity index (χ0n) is 21.5. The van der Waals surface area contributed by atoms with Gasteiger partial charge >= 0.3 is 0 Å². The van der Waals surface area contributed by atoms with E-state index < -0.39 is 12.3 Å². The number of benzene rings is 4. The molecule has 186 valence electrons. The fraction of sp³-hybridized carbons (Fsp3) is 0.188. The van der Waals surface area contributed by atoms with Crippen LogP contribution < -0.4 is 20.7 Å². The van der Waals surface area contributed by atoms with E-state index in [1.807, 2.05) is 38.1 Å². The molecule has 0 fully saturated rings. The first kappa shape index (κ1) is 27.2. The van der Waals surface area contributed by atoms with Gasteiger partial charge in [0.2, 0.25) is 0 Å². The largest absolute Gasteiger partial charge is 0.497 e. The maximum Gasteiger partial charge on any atom is 0.128 e. The third-order valence-corrected chi connectivity index (χ3v) is 9.76. The zero-order chi connectivity index (χ0) is 26.0. The molecule has 0 aliphatic carbocycles. The van der Waals surface area contributed by atoms with Gasteiger partial charge in [-0.3, -0.25) is 0 Å². The van der Waals surface area contributed by atoms with Crippen LogP contribution in [0.3, 0.4) is 0 Å². The van der Waals surface area contributed by atoms with E-state index in [-0.39, 0.29) is 6.10 Å². The molecule has 4 heteroatoms. The third-order valence-electron chi connectivity index (χ3n) is 6.22. The number of carbonyl (C=O) groups is 1. The first-order valence-corrected chi connectivity index (χ1v) is 13.9. The lowest BCUT2D eigenvalue weighted by Gasteiger charge is -2.28. The Bertz CT molecular complexity index is 1150. The standard InChI is InChI=1S/C19H17P.C13H18O3/c1-20(17-11-5-2-6-12-17,18-13-7-3-8-14-18)19-15-9-4-10-16-19;1-13(2,9-14)12(16-4)10-5-7-11(15-3)8-6-10/h2-16H,1H2;5-9,12H,1-4H3. The fourth-order valence-corrected chi connectivity index (χ4v) is 7.14. The van der Waals surface area contributed by atoms with Gasteiger partial charge in [0, 0.05) is 7.11 Å². The molecule has 4 aromatic carbocycles. The number of aldehydes is 1. The number of rotatable bonds is 8. The molecule has 0 saturated heterocycles. The highest BCUT2D eigenvalue weighted by Crippen LogP contribution is 2.41. The lowest BCUT2D eigenvalue weighted by Crippen LogP contribution is -2.25. The maximum absolute atomic E-state index is 11.0. The molecule has 0 saturated carbocycles. The molecule has 0 aromatic heterocycles. The minimum absolute atomic E-state index is 0.240. The topological polar surface area (TPSA) is 35.5 Å². The lowest BCUT2D eigenvalue weighted by molar-refractivity contribution is -0.122. The smallest absolute Gasteiger partial charge is 0.128 e. The summed E-state index contributed by atoms with van der Waals surface area (Å²) in [6, 6.07) is 39.5. The van der Waals surface area contributed by atoms with Gasteiger partial charge in [0.1, 0.15) is 12.0 Å². The van der Waals surface area contributed by atoms with Crippen LogP contribution in [0, 0.1) is 5.41 Å². The summed E-state index contributed by atoms with van der Waals surface area (Å²) in [4.78, 5) is 11.0. The van der Waals surface area contributed by atoms with Crippen LogP contribution in [0.25, 0.3) is 0 Å². The molecule has 3 nitrogen and oxygen atoms in total. The Balaban J connectivity index is 0.000000207. The van der Waals surface area contributed by atoms with Crippen molar-refractivity contribution < 1.29 is 14.3 Å². The van der Waals surface area contributed by atoms with E-state index in [4.69, 9.17) is 15.8 Å². The Labute approximate surface area is 215 Å². The van der Waals surface area contributed by atoms with Crippen molar-refractivity contribution in [3.05, 3.63) is 121 Å². The van der Waals surface area contributed by atoms with Crippen LogP contribution >= 0.6 is 6.89 Å². The molecule has 4 rings (SSSR count). The Morgan fingerprint density at radius 2 is 1.08 bits per heavy atom. The minimum atomic E-state index is -1.78. The van der Waals surface area contributed by atoms with Crippen molar-refractivity contribution in [2.45, 2.75) is 20.0 Å². The molecule has 4 aromatic rings. The highest BCUT2D eigenvalue weighted by atomic mass is 31.2. The zero-order valence-corrected chi connectivity index (χ0v) is 22.4. The minimum Gasteiger partial charge on any atom is -0.497 e. The molecule has 0 N–H and O–H groups in total. The highest BCUT2D eigenvalue weighted by molar-refractivity contribution is 7.93. The summed E-state index contributed by atoms with van der Waals surface area (Å²) in [5.41, 5.74) is 0.434. The van der Waals surface area contributed by atoms with E-state index in [0.29, 0.717) is 0 Å². The molecule has 0 spiro atoms. The van der Waals surface area contributed by atoms with E-state index in [1.165, 1.54) is 15.9 Å². The van der Waals surface area contributed by atoms with Crippen molar-refractivity contribution in [2.75, 3.05) is 14.2 Å². The summed E-state index contributed by atoms with van der Waals surface area (Å²) in [6.07, 6.45) is 5.37. The summed E-state index contributed by atoms with van der Waals surface area (Å²) in [5.74, 6) is 0.794. The Kier molecular flexibility index (Phi) is 9.47. The molecule has 0 amide bonds. The van der Waals surface area contributed by atoms with E-state index in [1.54, 1.807) is 14.2 Å². The van der Waals surface area contributed by atoms with Gasteiger partial charge in [0.15, 0.2) is 0 Å². The second-order valence-electron chi connectivity index (χ2n) is 9.14. The Hall–Kier alpha value is -3.39. The molecule has 36 heavy (non-hydrogen) atoms. The van der Waals surface area contributed by atoms with Crippen molar-refractivity contribution in [2.24, 2.45) is 5.41 Å². The quantitative estimate of drug-likeness (QED) is 0.220. The van der Waals surface area contributed by atoms with Crippen LogP contribution in [0.1, 0.15) is 25.5 Å². The molecule has 0 radical (unpaired) electrons. The van der Waals surface area contributed by atoms with Crippen LogP contribution in [0.5, 0.6) is 5.75 Å². The van der Waals surface area contributed by atoms with Gasteiger partial charge in [-0.2, -0.15) is 0 Å². The second-order valence-corrected chi connectivity index (χ2v) is 12.3. The third kappa shape index (κ3) is 6.23. The summed E-state index contributed by atoms with van der Waals surface area (Å²) < 4.78 is 10.5. The van der Waals surface area contributed by atoms with Gasteiger partial charge in [0.05, 0.1) is 18.6 Å². The monoisotopic (exact) mass is 498 g/mol. The van der Waals surface area contributed by atoms with Gasteiger partial charge in [-0.25, -0.2) is 0 Å². The van der Waals surface area contributed by atoms with Gasteiger partial charge in [0.25, 0.3) is 0 Å². The van der Waals surface area contributed by atoms with Crippen molar-refractivity contribution in [3.63, 3.8) is 0 Å². The molecule has 1 atom stereocenters. The van der Waals surface area contributed by atoms with Crippen molar-refractivity contribution in [3.8, 4) is 5.75 Å². The van der Waals surface area contributed by atoms with Gasteiger partial charge in [-0.1, -0.05) is 123 Å². The summed E-state index contributed by atoms with van der Waals surface area (Å²) in [6.45, 7) is 1.94. The molecule has 0 aliphatic heterocycles. The second kappa shape index (κ2) is 12.5. The Morgan fingerprint density at radius 1 is 0.694 bits per heavy atom. The normalized spacial score (nSPS) is 12.1. The highest BCUT2D eigenvalue weighted by Gasteiger charge is 2.30. The number of hydrogen-bond donors (Lipinski definition) is 0. The van der Waals surface area contributed by atoms with Gasteiger partial charge < -0.3 is 14.3 Å². The molecular formula is C32H35O3P. The van der Waals surface area contributed by atoms with Crippen LogP contribution in [-0.4, -0.2) is 26.8 Å². The van der Waals surface area contributed by atoms with E-state index in [2.05, 4.69) is 91.0 Å². The average molecular weight is 499 g/mol. The summed E-state index contributed by atoms with van der Waals surface area (Å²) >= 11 is 0. The van der Waals surface area contributed by atoms with Crippen molar-refractivity contribution >= 4 is 35.4 Å². The molecule has 0 aliphatic rings. The first-order valence-electron chi connectivity index (χ1n) is 11.9. The number of carbonyl (C=O) groups excluding carboxylic acids is 1. The molecular weight excluding hydrogens is 463 g/mol. The SMILES string of the molecule is C=P(c1ccccc1)(c1ccccc1)c1ccccc1.COc1ccc(C(OC)C(C)(C)C=O)cc1. The number of hydrogen-bond acceptors (Lipinski definition) is 3.